The smallest absolute Gasteiger partial charge is 0.387 e. The fourth-order valence-electron chi connectivity index (χ4n) is 2.20. The molecule has 0 spiro atoms. The number of amides is 1. The molecule has 0 aliphatic heterocycles. The van der Waals surface area contributed by atoms with Crippen LogP contribution in [0.3, 0.4) is 0 Å². The summed E-state index contributed by atoms with van der Waals surface area (Å²) in [4.78, 5) is 12.6. The van der Waals surface area contributed by atoms with Crippen LogP contribution in [0.15, 0.2) is 52.9 Å². The summed E-state index contributed by atoms with van der Waals surface area (Å²) in [5.41, 5.74) is 0.396. The highest BCUT2D eigenvalue weighted by atomic mass is 32.2. The molecule has 0 radical (unpaired) electrons. The highest BCUT2D eigenvalue weighted by molar-refractivity contribution is 7.99. The zero-order valence-electron chi connectivity index (χ0n) is 14.9. The number of hydrogen-bond acceptors (Lipinski definition) is 5. The van der Waals surface area contributed by atoms with Gasteiger partial charge < -0.3 is 14.8 Å². The van der Waals surface area contributed by atoms with Crippen LogP contribution in [0.4, 0.5) is 23.2 Å². The number of hydrogen-bond donors (Lipinski definition) is 1. The van der Waals surface area contributed by atoms with Crippen LogP contribution in [0.5, 0.6) is 11.5 Å². The van der Waals surface area contributed by atoms with E-state index in [0.717, 1.165) is 0 Å². The SMILES string of the molecule is COc1cc(/C=C(\C#N)C(=O)Nc2ccc(SC(F)F)cc2)ccc1OC(F)F. The largest absolute Gasteiger partial charge is 0.493 e. The van der Waals surface area contributed by atoms with Crippen LogP contribution in [0.1, 0.15) is 5.56 Å². The summed E-state index contributed by atoms with van der Waals surface area (Å²) in [7, 11) is 1.26. The Bertz CT molecular complexity index is 928. The van der Waals surface area contributed by atoms with E-state index in [1.54, 1.807) is 6.07 Å². The summed E-state index contributed by atoms with van der Waals surface area (Å²) in [6, 6.07) is 11.4. The standard InChI is InChI=1S/C19H14F4N2O3S/c1-27-16-9-11(2-7-15(16)28-18(20)21)8-12(10-24)17(26)25-13-3-5-14(6-4-13)29-19(22)23/h2-9,18-19H,1H3,(H,25,26)/b12-8+. The number of nitrogens with one attached hydrogen (secondary N) is 1. The Morgan fingerprint density at radius 3 is 2.38 bits per heavy atom. The minimum atomic E-state index is -3.03. The van der Waals surface area contributed by atoms with Crippen molar-refractivity contribution in [1.29, 1.82) is 5.26 Å². The minimum absolute atomic E-state index is 0.00358. The Morgan fingerprint density at radius 1 is 1.14 bits per heavy atom. The van der Waals surface area contributed by atoms with E-state index in [-0.39, 0.29) is 17.1 Å². The molecule has 0 aromatic heterocycles. The number of alkyl halides is 4. The van der Waals surface area contributed by atoms with Crippen LogP contribution in [0.25, 0.3) is 6.08 Å². The molecule has 2 aromatic rings. The third-order valence-electron chi connectivity index (χ3n) is 3.42. The fraction of sp³-hybridized carbons (Fsp3) is 0.158. The summed E-state index contributed by atoms with van der Waals surface area (Å²) >= 11 is 0.368. The van der Waals surface area contributed by atoms with Gasteiger partial charge >= 0.3 is 6.61 Å². The van der Waals surface area contributed by atoms with Gasteiger partial charge in [0.2, 0.25) is 0 Å². The lowest BCUT2D eigenvalue weighted by Crippen LogP contribution is -2.13. The molecule has 1 amide bonds. The summed E-state index contributed by atoms with van der Waals surface area (Å²) in [5.74, 6) is -3.47. The van der Waals surface area contributed by atoms with Crippen molar-refractivity contribution in [3.8, 4) is 17.6 Å². The van der Waals surface area contributed by atoms with Gasteiger partial charge in [0.15, 0.2) is 11.5 Å². The van der Waals surface area contributed by atoms with Crippen molar-refractivity contribution in [3.05, 3.63) is 53.6 Å². The van der Waals surface area contributed by atoms with Gasteiger partial charge in [-0.25, -0.2) is 0 Å². The zero-order chi connectivity index (χ0) is 21.4. The number of nitriles is 1. The van der Waals surface area contributed by atoms with E-state index < -0.39 is 18.3 Å². The maximum Gasteiger partial charge on any atom is 0.387 e. The van der Waals surface area contributed by atoms with Crippen LogP contribution < -0.4 is 14.8 Å². The predicted octanol–water partition coefficient (Wildman–Crippen LogP) is 5.16. The average Bonchev–Trinajstić information content (AvgIpc) is 2.67. The monoisotopic (exact) mass is 426 g/mol. The Balaban J connectivity index is 2.16. The van der Waals surface area contributed by atoms with Gasteiger partial charge in [0.1, 0.15) is 11.6 Å². The van der Waals surface area contributed by atoms with Crippen LogP contribution in [0.2, 0.25) is 0 Å². The molecule has 10 heteroatoms. The number of thioether (sulfide) groups is 1. The molecule has 152 valence electrons. The van der Waals surface area contributed by atoms with Gasteiger partial charge in [-0.1, -0.05) is 17.8 Å². The molecule has 0 fully saturated rings. The zero-order valence-corrected chi connectivity index (χ0v) is 15.7. The van der Waals surface area contributed by atoms with E-state index in [9.17, 15) is 27.6 Å². The Hall–Kier alpha value is -3.19. The number of carbonyl (C=O) groups is 1. The minimum Gasteiger partial charge on any atom is -0.493 e. The second-order valence-electron chi connectivity index (χ2n) is 5.32. The molecule has 0 saturated heterocycles. The van der Waals surface area contributed by atoms with Crippen LogP contribution in [-0.4, -0.2) is 25.4 Å². The normalized spacial score (nSPS) is 11.3. The number of rotatable bonds is 8. The van der Waals surface area contributed by atoms with Gasteiger partial charge in [-0.05, 0) is 48.0 Å². The summed E-state index contributed by atoms with van der Waals surface area (Å²) < 4.78 is 58.7. The third-order valence-corrected chi connectivity index (χ3v) is 4.14. The first-order valence-electron chi connectivity index (χ1n) is 7.93. The van der Waals surface area contributed by atoms with Crippen molar-refractivity contribution in [2.24, 2.45) is 0 Å². The highest BCUT2D eigenvalue weighted by Crippen LogP contribution is 2.30. The molecule has 0 saturated carbocycles. The van der Waals surface area contributed by atoms with Crippen molar-refractivity contribution in [2.45, 2.75) is 17.3 Å². The van der Waals surface area contributed by atoms with Gasteiger partial charge in [-0.3, -0.25) is 4.79 Å². The van der Waals surface area contributed by atoms with Crippen LogP contribution in [0, 0.1) is 11.3 Å². The molecule has 0 bridgehead atoms. The maximum atomic E-state index is 12.4. The number of nitrogens with zero attached hydrogens (tertiary/aromatic N) is 1. The highest BCUT2D eigenvalue weighted by Gasteiger charge is 2.13. The van der Waals surface area contributed by atoms with E-state index in [0.29, 0.717) is 27.9 Å². The van der Waals surface area contributed by atoms with Gasteiger partial charge in [-0.15, -0.1) is 0 Å². The van der Waals surface area contributed by atoms with Gasteiger partial charge in [0, 0.05) is 10.6 Å². The Kier molecular flexibility index (Phi) is 7.91. The topological polar surface area (TPSA) is 71.3 Å². The summed E-state index contributed by atoms with van der Waals surface area (Å²) in [6.07, 6.45) is 1.24. The lowest BCUT2D eigenvalue weighted by Gasteiger charge is -2.10. The lowest BCUT2D eigenvalue weighted by atomic mass is 10.1. The number of carbonyl (C=O) groups excluding carboxylic acids is 1. The molecular weight excluding hydrogens is 412 g/mol. The molecule has 0 aliphatic rings. The van der Waals surface area contributed by atoms with Crippen molar-refractivity contribution < 1.29 is 31.8 Å². The third kappa shape index (κ3) is 6.73. The quantitative estimate of drug-likeness (QED) is 0.273. The van der Waals surface area contributed by atoms with Crippen molar-refractivity contribution >= 4 is 29.4 Å². The predicted molar refractivity (Wildman–Crippen MR) is 100 cm³/mol. The Labute approximate surface area is 167 Å². The van der Waals surface area contributed by atoms with Gasteiger partial charge in [0.25, 0.3) is 11.7 Å². The van der Waals surface area contributed by atoms with Gasteiger partial charge in [0.05, 0.1) is 7.11 Å². The molecule has 1 N–H and O–H groups in total. The lowest BCUT2D eigenvalue weighted by molar-refractivity contribution is -0.112. The maximum absolute atomic E-state index is 12.4. The number of methoxy groups -OCH3 is 1. The average molecular weight is 426 g/mol. The molecule has 0 atom stereocenters. The molecule has 0 aliphatic carbocycles. The molecule has 0 heterocycles. The van der Waals surface area contributed by atoms with E-state index >= 15 is 0 Å². The Morgan fingerprint density at radius 2 is 1.83 bits per heavy atom. The summed E-state index contributed by atoms with van der Waals surface area (Å²) in [5, 5.41) is 11.7. The first-order valence-corrected chi connectivity index (χ1v) is 8.81. The molecule has 0 unspecified atom stereocenters. The molecule has 2 aromatic carbocycles. The second-order valence-corrected chi connectivity index (χ2v) is 6.38. The number of benzene rings is 2. The van der Waals surface area contributed by atoms with E-state index in [1.165, 1.54) is 55.7 Å². The second kappa shape index (κ2) is 10.4. The van der Waals surface area contributed by atoms with Crippen molar-refractivity contribution in [1.82, 2.24) is 0 Å². The van der Waals surface area contributed by atoms with Crippen LogP contribution in [-0.2, 0) is 4.79 Å². The number of ether oxygens (including phenoxy) is 2. The van der Waals surface area contributed by atoms with E-state index in [4.69, 9.17) is 4.74 Å². The first-order chi connectivity index (χ1) is 13.8. The van der Waals surface area contributed by atoms with E-state index in [1.807, 2.05) is 0 Å². The molecule has 2 rings (SSSR count). The van der Waals surface area contributed by atoms with E-state index in [2.05, 4.69) is 10.1 Å². The fourth-order valence-corrected chi connectivity index (χ4v) is 2.70. The van der Waals surface area contributed by atoms with Crippen molar-refractivity contribution in [2.75, 3.05) is 12.4 Å². The number of halogens is 4. The van der Waals surface area contributed by atoms with Gasteiger partial charge in [-0.2, -0.15) is 22.8 Å². The first kappa shape index (κ1) is 22.1. The summed E-state index contributed by atoms with van der Waals surface area (Å²) in [6.45, 7) is -3.03. The van der Waals surface area contributed by atoms with Crippen molar-refractivity contribution in [3.63, 3.8) is 0 Å². The number of anilines is 1. The molecule has 29 heavy (non-hydrogen) atoms. The van der Waals surface area contributed by atoms with Crippen LogP contribution >= 0.6 is 11.8 Å². The molecule has 5 nitrogen and oxygen atoms in total. The molecular formula is C19H14F4N2O3S.